The molecule has 1 aliphatic carbocycles. The van der Waals surface area contributed by atoms with Crippen molar-refractivity contribution < 1.29 is 4.74 Å². The van der Waals surface area contributed by atoms with E-state index in [1.54, 1.807) is 0 Å². The fraction of sp³-hybridized carbons (Fsp3) is 0.476. The lowest BCUT2D eigenvalue weighted by atomic mass is 10.0. The first kappa shape index (κ1) is 15.8. The van der Waals surface area contributed by atoms with Gasteiger partial charge in [-0.25, -0.2) is 0 Å². The van der Waals surface area contributed by atoms with Crippen LogP contribution in [-0.2, 0) is 17.7 Å². The van der Waals surface area contributed by atoms with Crippen molar-refractivity contribution in [2.24, 2.45) is 5.92 Å². The summed E-state index contributed by atoms with van der Waals surface area (Å²) in [6.45, 7) is 3.07. The Labute approximate surface area is 144 Å². The molecule has 126 valence electrons. The normalized spacial score (nSPS) is 24.3. The minimum absolute atomic E-state index is 0.368. The summed E-state index contributed by atoms with van der Waals surface area (Å²) in [5.74, 6) is 0.830. The Morgan fingerprint density at radius 3 is 2.50 bits per heavy atom. The van der Waals surface area contributed by atoms with E-state index in [0.717, 1.165) is 38.5 Å². The standard InChI is InChI=1S/C21H26N2O/c1-2-4-17(5-3-1)14-20-21(24-16-19-6-7-19)10-13-23(20)15-18-8-11-22-12-9-18/h1-5,8-9,11-12,19-21H,6-7,10,13-16H2/t20-,21+/m0/s1. The van der Waals surface area contributed by atoms with Crippen LogP contribution in [0.4, 0.5) is 0 Å². The van der Waals surface area contributed by atoms with Gasteiger partial charge in [0.2, 0.25) is 0 Å². The average Bonchev–Trinajstić information content (AvgIpc) is 3.39. The molecule has 2 fully saturated rings. The molecule has 0 bridgehead atoms. The zero-order valence-electron chi connectivity index (χ0n) is 14.2. The van der Waals surface area contributed by atoms with E-state index < -0.39 is 0 Å². The van der Waals surface area contributed by atoms with Crippen molar-refractivity contribution in [1.82, 2.24) is 9.88 Å². The number of ether oxygens (including phenoxy) is 1. The predicted octanol–water partition coefficient (Wildman–Crippen LogP) is 3.69. The van der Waals surface area contributed by atoms with Gasteiger partial charge >= 0.3 is 0 Å². The SMILES string of the molecule is c1ccc(C[C@H]2[C@H](OCC3CC3)CCN2Cc2ccncc2)cc1. The smallest absolute Gasteiger partial charge is 0.0745 e. The van der Waals surface area contributed by atoms with Gasteiger partial charge in [-0.3, -0.25) is 9.88 Å². The van der Waals surface area contributed by atoms with Gasteiger partial charge in [0.05, 0.1) is 6.10 Å². The Bertz CT molecular complexity index is 627. The molecule has 1 aromatic carbocycles. The molecule has 4 rings (SSSR count). The highest BCUT2D eigenvalue weighted by Crippen LogP contribution is 2.32. The number of benzene rings is 1. The Kier molecular flexibility index (Phi) is 4.91. The van der Waals surface area contributed by atoms with Gasteiger partial charge in [-0.1, -0.05) is 30.3 Å². The third-order valence-corrected chi connectivity index (χ3v) is 5.26. The molecule has 0 amide bonds. The molecule has 24 heavy (non-hydrogen) atoms. The highest BCUT2D eigenvalue weighted by Gasteiger charge is 2.36. The molecule has 0 spiro atoms. The van der Waals surface area contributed by atoms with Crippen molar-refractivity contribution in [2.45, 2.75) is 44.4 Å². The van der Waals surface area contributed by atoms with Gasteiger partial charge in [0, 0.05) is 38.1 Å². The molecule has 1 saturated heterocycles. The van der Waals surface area contributed by atoms with E-state index in [9.17, 15) is 0 Å². The van der Waals surface area contributed by atoms with E-state index in [0.29, 0.717) is 12.1 Å². The second kappa shape index (κ2) is 7.45. The number of hydrogen-bond donors (Lipinski definition) is 0. The van der Waals surface area contributed by atoms with Crippen LogP contribution in [0.3, 0.4) is 0 Å². The van der Waals surface area contributed by atoms with Crippen molar-refractivity contribution >= 4 is 0 Å². The molecule has 1 aliphatic heterocycles. The summed E-state index contributed by atoms with van der Waals surface area (Å²) in [5, 5.41) is 0. The molecule has 1 saturated carbocycles. The Morgan fingerprint density at radius 1 is 0.958 bits per heavy atom. The van der Waals surface area contributed by atoms with Gasteiger partial charge in [0.15, 0.2) is 0 Å². The lowest BCUT2D eigenvalue weighted by molar-refractivity contribution is 0.0196. The number of aromatic nitrogens is 1. The van der Waals surface area contributed by atoms with E-state index >= 15 is 0 Å². The van der Waals surface area contributed by atoms with E-state index in [4.69, 9.17) is 4.74 Å². The minimum atomic E-state index is 0.368. The van der Waals surface area contributed by atoms with Crippen molar-refractivity contribution in [3.8, 4) is 0 Å². The summed E-state index contributed by atoms with van der Waals surface area (Å²) >= 11 is 0. The lowest BCUT2D eigenvalue weighted by Gasteiger charge is -2.28. The largest absolute Gasteiger partial charge is 0.376 e. The number of nitrogens with zero attached hydrogens (tertiary/aromatic N) is 2. The van der Waals surface area contributed by atoms with E-state index in [1.807, 2.05) is 12.4 Å². The second-order valence-electron chi connectivity index (χ2n) is 7.19. The highest BCUT2D eigenvalue weighted by molar-refractivity contribution is 5.18. The Balaban J connectivity index is 1.46. The highest BCUT2D eigenvalue weighted by atomic mass is 16.5. The molecular formula is C21H26N2O. The molecule has 3 nitrogen and oxygen atoms in total. The molecule has 2 atom stereocenters. The lowest BCUT2D eigenvalue weighted by Crippen LogP contribution is -2.38. The molecule has 2 aromatic rings. The van der Waals surface area contributed by atoms with Crippen LogP contribution in [0.2, 0.25) is 0 Å². The van der Waals surface area contributed by atoms with Gasteiger partial charge in [-0.2, -0.15) is 0 Å². The van der Waals surface area contributed by atoms with Crippen LogP contribution in [0.1, 0.15) is 30.4 Å². The van der Waals surface area contributed by atoms with Crippen LogP contribution in [0.15, 0.2) is 54.9 Å². The van der Waals surface area contributed by atoms with Crippen molar-refractivity contribution in [3.05, 3.63) is 66.0 Å². The van der Waals surface area contributed by atoms with Crippen LogP contribution in [0.5, 0.6) is 0 Å². The summed E-state index contributed by atoms with van der Waals surface area (Å²) in [6.07, 6.45) is 9.08. The van der Waals surface area contributed by atoms with E-state index in [-0.39, 0.29) is 0 Å². The fourth-order valence-corrected chi connectivity index (χ4v) is 3.66. The first-order valence-corrected chi connectivity index (χ1v) is 9.17. The fourth-order valence-electron chi connectivity index (χ4n) is 3.66. The average molecular weight is 322 g/mol. The maximum atomic E-state index is 6.33. The van der Waals surface area contributed by atoms with Crippen molar-refractivity contribution in [3.63, 3.8) is 0 Å². The molecule has 0 N–H and O–H groups in total. The van der Waals surface area contributed by atoms with Gasteiger partial charge in [0.1, 0.15) is 0 Å². The van der Waals surface area contributed by atoms with E-state index in [1.165, 1.54) is 24.0 Å². The summed E-state index contributed by atoms with van der Waals surface area (Å²) in [7, 11) is 0. The molecular weight excluding hydrogens is 296 g/mol. The van der Waals surface area contributed by atoms with Crippen LogP contribution in [0, 0.1) is 5.92 Å². The summed E-state index contributed by atoms with van der Waals surface area (Å²) < 4.78 is 6.33. The maximum absolute atomic E-state index is 6.33. The second-order valence-corrected chi connectivity index (χ2v) is 7.19. The summed E-state index contributed by atoms with van der Waals surface area (Å²) in [4.78, 5) is 6.73. The monoisotopic (exact) mass is 322 g/mol. The first-order chi connectivity index (χ1) is 11.9. The number of hydrogen-bond acceptors (Lipinski definition) is 3. The summed E-state index contributed by atoms with van der Waals surface area (Å²) in [6, 6.07) is 15.6. The topological polar surface area (TPSA) is 25.4 Å². The van der Waals surface area contributed by atoms with E-state index in [2.05, 4.69) is 52.3 Å². The number of pyridine rings is 1. The molecule has 2 aliphatic rings. The minimum Gasteiger partial charge on any atom is -0.376 e. The zero-order chi connectivity index (χ0) is 16.2. The van der Waals surface area contributed by atoms with Crippen LogP contribution < -0.4 is 0 Å². The van der Waals surface area contributed by atoms with Crippen LogP contribution in [-0.4, -0.2) is 35.2 Å². The Morgan fingerprint density at radius 2 is 1.75 bits per heavy atom. The van der Waals surface area contributed by atoms with Gasteiger partial charge < -0.3 is 4.74 Å². The molecule has 1 aromatic heterocycles. The third-order valence-electron chi connectivity index (χ3n) is 5.26. The first-order valence-electron chi connectivity index (χ1n) is 9.17. The number of rotatable bonds is 7. The van der Waals surface area contributed by atoms with Gasteiger partial charge in [0.25, 0.3) is 0 Å². The molecule has 3 heteroatoms. The number of likely N-dealkylation sites (tertiary alicyclic amines) is 1. The molecule has 0 unspecified atom stereocenters. The van der Waals surface area contributed by atoms with Crippen molar-refractivity contribution in [1.29, 1.82) is 0 Å². The van der Waals surface area contributed by atoms with Crippen LogP contribution >= 0.6 is 0 Å². The third kappa shape index (κ3) is 4.03. The maximum Gasteiger partial charge on any atom is 0.0745 e. The zero-order valence-corrected chi connectivity index (χ0v) is 14.2. The Hall–Kier alpha value is -1.71. The van der Waals surface area contributed by atoms with Gasteiger partial charge in [-0.15, -0.1) is 0 Å². The summed E-state index contributed by atoms with van der Waals surface area (Å²) in [5.41, 5.74) is 2.75. The van der Waals surface area contributed by atoms with Crippen molar-refractivity contribution in [2.75, 3.05) is 13.2 Å². The predicted molar refractivity (Wildman–Crippen MR) is 95.7 cm³/mol. The van der Waals surface area contributed by atoms with Crippen LogP contribution in [0.25, 0.3) is 0 Å². The quantitative estimate of drug-likeness (QED) is 0.777. The molecule has 0 radical (unpaired) electrons. The molecule has 2 heterocycles. The van der Waals surface area contributed by atoms with Gasteiger partial charge in [-0.05, 0) is 54.9 Å².